The number of rotatable bonds is 3. The topological polar surface area (TPSA) is 83.6 Å². The van der Waals surface area contributed by atoms with E-state index in [9.17, 15) is 4.79 Å². The molecule has 1 rings (SSSR count). The molecule has 4 N–H and O–H groups in total. The Labute approximate surface area is 87.8 Å². The summed E-state index contributed by atoms with van der Waals surface area (Å²) in [7, 11) is 0. The van der Waals surface area contributed by atoms with Crippen LogP contribution in [0.5, 0.6) is 5.75 Å². The Morgan fingerprint density at radius 1 is 1.50 bits per heavy atom. The Morgan fingerprint density at radius 3 is 2.57 bits per heavy atom. The van der Waals surface area contributed by atoms with E-state index in [0.29, 0.717) is 5.56 Å². The second kappa shape index (κ2) is 5.47. The number of aliphatic carboxylic acids is 1. The summed E-state index contributed by atoms with van der Waals surface area (Å²) in [6, 6.07) is 6.12. The van der Waals surface area contributed by atoms with Crippen molar-refractivity contribution in [2.45, 2.75) is 5.92 Å². The number of carboxylic acids is 1. The van der Waals surface area contributed by atoms with E-state index in [4.69, 9.17) is 15.9 Å². The predicted octanol–water partition coefficient (Wildman–Crippen LogP) is 0.941. The second-order valence-corrected chi connectivity index (χ2v) is 2.72. The summed E-state index contributed by atoms with van der Waals surface area (Å²) in [4.78, 5) is 10.7. The van der Waals surface area contributed by atoms with Crippen molar-refractivity contribution in [1.29, 1.82) is 0 Å². The number of nitrogens with two attached hydrogens (primary N) is 1. The molecule has 0 aliphatic carbocycles. The molecule has 0 spiro atoms. The third-order valence-corrected chi connectivity index (χ3v) is 1.81. The lowest BCUT2D eigenvalue weighted by molar-refractivity contribution is -0.138. The lowest BCUT2D eigenvalue weighted by atomic mass is 9.99. The van der Waals surface area contributed by atoms with Crippen LogP contribution in [0.1, 0.15) is 11.5 Å². The molecule has 78 valence electrons. The minimum Gasteiger partial charge on any atom is -0.508 e. The Kier molecular flexibility index (Phi) is 4.97. The summed E-state index contributed by atoms with van der Waals surface area (Å²) in [5.74, 6) is -1.67. The van der Waals surface area contributed by atoms with E-state index in [-0.39, 0.29) is 24.7 Å². The van der Waals surface area contributed by atoms with E-state index in [1.807, 2.05) is 0 Å². The average Bonchev–Trinajstić information content (AvgIpc) is 2.04. The summed E-state index contributed by atoms with van der Waals surface area (Å²) in [6.45, 7) is 0.0266. The number of phenolic OH excluding ortho intramolecular Hbond substituents is 1. The Balaban J connectivity index is 0.00000169. The summed E-state index contributed by atoms with van der Waals surface area (Å²) in [5, 5.41) is 17.9. The molecule has 0 radical (unpaired) electrons. The highest BCUT2D eigenvalue weighted by molar-refractivity contribution is 5.85. The summed E-state index contributed by atoms with van der Waals surface area (Å²) in [5.41, 5.74) is 5.82. The summed E-state index contributed by atoms with van der Waals surface area (Å²) < 4.78 is 0. The van der Waals surface area contributed by atoms with E-state index >= 15 is 0 Å². The van der Waals surface area contributed by atoms with Crippen molar-refractivity contribution < 1.29 is 15.0 Å². The van der Waals surface area contributed by atoms with Gasteiger partial charge in [-0.1, -0.05) is 12.1 Å². The number of halogens is 1. The number of carbonyl (C=O) groups is 1. The van der Waals surface area contributed by atoms with Gasteiger partial charge in [-0.25, -0.2) is 0 Å². The SMILES string of the molecule is Cl.NCC(C(=O)O)c1cccc(O)c1. The van der Waals surface area contributed by atoms with Crippen molar-refractivity contribution in [3.8, 4) is 5.75 Å². The molecule has 1 atom stereocenters. The molecule has 0 saturated heterocycles. The van der Waals surface area contributed by atoms with Gasteiger partial charge in [-0.3, -0.25) is 4.79 Å². The highest BCUT2D eigenvalue weighted by atomic mass is 35.5. The second-order valence-electron chi connectivity index (χ2n) is 2.72. The first-order valence-corrected chi connectivity index (χ1v) is 3.87. The van der Waals surface area contributed by atoms with E-state index in [0.717, 1.165) is 0 Å². The number of carboxylic acid groups (broad SMARTS) is 1. The fraction of sp³-hybridized carbons (Fsp3) is 0.222. The Bertz CT molecular complexity index is 317. The van der Waals surface area contributed by atoms with Crippen molar-refractivity contribution in [1.82, 2.24) is 0 Å². The minimum atomic E-state index is -0.979. The lowest BCUT2D eigenvalue weighted by Crippen LogP contribution is -2.20. The van der Waals surface area contributed by atoms with Gasteiger partial charge in [0.05, 0.1) is 5.92 Å². The van der Waals surface area contributed by atoms with Crippen LogP contribution < -0.4 is 5.73 Å². The molecular formula is C9H12ClNO3. The number of aromatic hydroxyl groups is 1. The molecule has 1 unspecified atom stereocenters. The quantitative estimate of drug-likeness (QED) is 0.704. The van der Waals surface area contributed by atoms with Crippen molar-refractivity contribution in [2.24, 2.45) is 5.73 Å². The van der Waals surface area contributed by atoms with Crippen LogP contribution in [0.15, 0.2) is 24.3 Å². The summed E-state index contributed by atoms with van der Waals surface area (Å²) in [6.07, 6.45) is 0. The number of hydrogen-bond donors (Lipinski definition) is 3. The molecule has 1 aromatic carbocycles. The third kappa shape index (κ3) is 2.90. The molecule has 1 aromatic rings. The van der Waals surface area contributed by atoms with Gasteiger partial charge in [-0.2, -0.15) is 0 Å². The van der Waals surface area contributed by atoms with E-state index in [1.54, 1.807) is 12.1 Å². The van der Waals surface area contributed by atoms with Crippen LogP contribution in [0.3, 0.4) is 0 Å². The van der Waals surface area contributed by atoms with Crippen molar-refractivity contribution in [3.05, 3.63) is 29.8 Å². The van der Waals surface area contributed by atoms with Crippen molar-refractivity contribution >= 4 is 18.4 Å². The van der Waals surface area contributed by atoms with Crippen LogP contribution in [0.25, 0.3) is 0 Å². The Morgan fingerprint density at radius 2 is 2.14 bits per heavy atom. The molecule has 0 heterocycles. The van der Waals surface area contributed by atoms with Crippen LogP contribution >= 0.6 is 12.4 Å². The molecule has 0 aromatic heterocycles. The molecule has 4 nitrogen and oxygen atoms in total. The van der Waals surface area contributed by atoms with Gasteiger partial charge in [-0.05, 0) is 17.7 Å². The van der Waals surface area contributed by atoms with Crippen LogP contribution in [0.4, 0.5) is 0 Å². The number of benzene rings is 1. The van der Waals surface area contributed by atoms with Gasteiger partial charge in [0.2, 0.25) is 0 Å². The zero-order valence-electron chi connectivity index (χ0n) is 7.38. The molecular weight excluding hydrogens is 206 g/mol. The van der Waals surface area contributed by atoms with Crippen molar-refractivity contribution in [3.63, 3.8) is 0 Å². The molecule has 5 heteroatoms. The van der Waals surface area contributed by atoms with E-state index in [2.05, 4.69) is 0 Å². The molecule has 14 heavy (non-hydrogen) atoms. The van der Waals surface area contributed by atoms with Gasteiger partial charge in [0.25, 0.3) is 0 Å². The Hall–Kier alpha value is -1.26. The molecule has 0 amide bonds. The first-order chi connectivity index (χ1) is 6.15. The normalized spacial score (nSPS) is 11.5. The van der Waals surface area contributed by atoms with E-state index < -0.39 is 11.9 Å². The maximum absolute atomic E-state index is 10.7. The lowest BCUT2D eigenvalue weighted by Gasteiger charge is -2.09. The van der Waals surface area contributed by atoms with Gasteiger partial charge in [0, 0.05) is 6.54 Å². The zero-order valence-corrected chi connectivity index (χ0v) is 8.20. The maximum Gasteiger partial charge on any atom is 0.312 e. The maximum atomic E-state index is 10.7. The van der Waals surface area contributed by atoms with Crippen LogP contribution in [0, 0.1) is 0 Å². The molecule has 0 saturated carbocycles. The molecule has 0 aliphatic rings. The first kappa shape index (κ1) is 12.7. The fourth-order valence-corrected chi connectivity index (χ4v) is 1.12. The largest absolute Gasteiger partial charge is 0.508 e. The van der Waals surface area contributed by atoms with Gasteiger partial charge in [-0.15, -0.1) is 12.4 Å². The minimum absolute atomic E-state index is 0. The highest BCUT2D eigenvalue weighted by Crippen LogP contribution is 2.19. The average molecular weight is 218 g/mol. The van der Waals surface area contributed by atoms with Crippen molar-refractivity contribution in [2.75, 3.05) is 6.54 Å². The predicted molar refractivity (Wildman–Crippen MR) is 54.8 cm³/mol. The van der Waals surface area contributed by atoms with Gasteiger partial charge >= 0.3 is 5.97 Å². The zero-order chi connectivity index (χ0) is 9.84. The highest BCUT2D eigenvalue weighted by Gasteiger charge is 2.17. The van der Waals surface area contributed by atoms with Crippen LogP contribution in [-0.4, -0.2) is 22.7 Å². The fourth-order valence-electron chi connectivity index (χ4n) is 1.12. The monoisotopic (exact) mass is 217 g/mol. The van der Waals surface area contributed by atoms with Gasteiger partial charge in [0.15, 0.2) is 0 Å². The molecule has 0 bridgehead atoms. The van der Waals surface area contributed by atoms with Crippen LogP contribution in [0.2, 0.25) is 0 Å². The van der Waals surface area contributed by atoms with E-state index in [1.165, 1.54) is 12.1 Å². The van der Waals surface area contributed by atoms with Gasteiger partial charge in [0.1, 0.15) is 5.75 Å². The van der Waals surface area contributed by atoms with Crippen LogP contribution in [-0.2, 0) is 4.79 Å². The number of phenols is 1. The number of hydrogen-bond acceptors (Lipinski definition) is 3. The third-order valence-electron chi connectivity index (χ3n) is 1.81. The smallest absolute Gasteiger partial charge is 0.312 e. The standard InChI is InChI=1S/C9H11NO3.ClH/c10-5-8(9(12)13)6-2-1-3-7(11)4-6;/h1-4,8,11H,5,10H2,(H,12,13);1H. The molecule has 0 aliphatic heterocycles. The first-order valence-electron chi connectivity index (χ1n) is 3.87. The summed E-state index contributed by atoms with van der Waals surface area (Å²) >= 11 is 0. The molecule has 0 fully saturated rings. The van der Waals surface area contributed by atoms with Gasteiger partial charge < -0.3 is 15.9 Å².